The van der Waals surface area contributed by atoms with E-state index in [0.29, 0.717) is 4.90 Å². The summed E-state index contributed by atoms with van der Waals surface area (Å²) in [4.78, 5) is 0.512. The van der Waals surface area contributed by atoms with Crippen LogP contribution in [0.15, 0.2) is 0 Å². The maximum atomic E-state index is 10.6. The third-order valence-corrected chi connectivity index (χ3v) is 1.37. The minimum atomic E-state index is 0.0636. The van der Waals surface area contributed by atoms with Crippen molar-refractivity contribution in [2.75, 3.05) is 0 Å². The van der Waals surface area contributed by atoms with Gasteiger partial charge in [-0.3, -0.25) is 5.21 Å². The van der Waals surface area contributed by atoms with E-state index in [9.17, 15) is 5.21 Å². The Morgan fingerprint density at radius 3 is 2.30 bits per heavy atom. The highest BCUT2D eigenvalue weighted by molar-refractivity contribution is 6.51. The van der Waals surface area contributed by atoms with Crippen LogP contribution in [0.1, 0.15) is 20.8 Å². The highest BCUT2D eigenvalue weighted by Gasteiger charge is 2.07. The molecule has 0 aliphatic rings. The molecule has 0 bridgehead atoms. The predicted octanol–water partition coefficient (Wildman–Crippen LogP) is 1.55. The maximum Gasteiger partial charge on any atom is 0.290 e. The van der Waals surface area contributed by atoms with Gasteiger partial charge in [-0.05, 0) is 0 Å². The summed E-state index contributed by atoms with van der Waals surface area (Å²) in [5.74, 6) is 0. The van der Waals surface area contributed by atoms with Crippen molar-refractivity contribution < 1.29 is 9.66 Å². The first-order valence-electron chi connectivity index (χ1n) is 3.67. The van der Waals surface area contributed by atoms with Gasteiger partial charge in [0.15, 0.2) is 0 Å². The summed E-state index contributed by atoms with van der Waals surface area (Å²) in [7, 11) is 0. The molecule has 0 rings (SSSR count). The standard InChI is InChI=1S/C6H14BNO2/c1-4-7(5-2)10-8(9)6-3/h6H,4-5H2,1-3H3/b8-6+. The van der Waals surface area contributed by atoms with Gasteiger partial charge in [-0.25, -0.2) is 0 Å². The van der Waals surface area contributed by atoms with E-state index in [-0.39, 0.29) is 6.92 Å². The smallest absolute Gasteiger partial charge is 0.290 e. The summed E-state index contributed by atoms with van der Waals surface area (Å²) >= 11 is 0. The van der Waals surface area contributed by atoms with Crippen molar-refractivity contribution in [3.05, 3.63) is 5.21 Å². The van der Waals surface area contributed by atoms with Crippen molar-refractivity contribution in [2.45, 2.75) is 33.4 Å². The molecule has 58 valence electrons. The lowest BCUT2D eigenvalue weighted by Gasteiger charge is -2.11. The Kier molecular flexibility index (Phi) is 4.80. The molecule has 0 N–H and O–H groups in total. The summed E-state index contributed by atoms with van der Waals surface area (Å²) in [6, 6.07) is 0. The zero-order valence-corrected chi connectivity index (χ0v) is 6.83. The minimum absolute atomic E-state index is 0.0636. The topological polar surface area (TPSA) is 35.3 Å². The molecule has 0 amide bonds. The molecule has 0 radical (unpaired) electrons. The molecular formula is C6H14BNO2. The average molecular weight is 143 g/mol. The summed E-state index contributed by atoms with van der Waals surface area (Å²) in [5.41, 5.74) is 0. The molecule has 4 heteroatoms. The number of hydrogen-bond acceptors (Lipinski definition) is 2. The molecule has 0 aliphatic carbocycles. The number of hydrogen-bond donors (Lipinski definition) is 0. The molecule has 0 saturated carbocycles. The fourth-order valence-corrected chi connectivity index (χ4v) is 0.646. The number of nitrogens with zero attached hydrogens (tertiary/aromatic N) is 1. The number of rotatable bonds is 4. The van der Waals surface area contributed by atoms with Gasteiger partial charge >= 0.3 is 0 Å². The Morgan fingerprint density at radius 2 is 2.00 bits per heavy atom. The lowest BCUT2D eigenvalue weighted by Crippen LogP contribution is -2.20. The molecule has 0 atom stereocenters. The molecule has 0 unspecified atom stereocenters. The average Bonchev–Trinajstić information content (AvgIpc) is 1.99. The Morgan fingerprint density at radius 1 is 1.50 bits per heavy atom. The molecule has 0 spiro atoms. The molecular weight excluding hydrogens is 129 g/mol. The Hall–Kier alpha value is -0.665. The van der Waals surface area contributed by atoms with Gasteiger partial charge in [0.05, 0.1) is 0 Å². The van der Waals surface area contributed by atoms with Gasteiger partial charge in [-0.2, -0.15) is 0 Å². The van der Waals surface area contributed by atoms with Crippen LogP contribution in [0.5, 0.6) is 0 Å². The van der Waals surface area contributed by atoms with Crippen LogP contribution in [0.25, 0.3) is 0 Å². The molecule has 0 aromatic heterocycles. The first-order valence-corrected chi connectivity index (χ1v) is 3.67. The first-order chi connectivity index (χ1) is 4.74. The normalized spacial score (nSPS) is 11.3. The third kappa shape index (κ3) is 3.38. The summed E-state index contributed by atoms with van der Waals surface area (Å²) in [5, 5.41) is 10.6. The molecule has 0 saturated heterocycles. The van der Waals surface area contributed by atoms with Gasteiger partial charge in [-0.15, -0.1) is 0 Å². The van der Waals surface area contributed by atoms with Gasteiger partial charge < -0.3 is 4.76 Å². The predicted molar refractivity (Wildman–Crippen MR) is 43.2 cm³/mol. The van der Waals surface area contributed by atoms with Crippen LogP contribution in [0, 0.1) is 5.21 Å². The highest BCUT2D eigenvalue weighted by atomic mass is 16.8. The van der Waals surface area contributed by atoms with Crippen LogP contribution in [-0.2, 0) is 4.76 Å². The molecule has 10 heavy (non-hydrogen) atoms. The molecule has 0 aliphatic heterocycles. The van der Waals surface area contributed by atoms with Crippen LogP contribution in [0.4, 0.5) is 0 Å². The highest BCUT2D eigenvalue weighted by Crippen LogP contribution is 1.98. The minimum Gasteiger partial charge on any atom is -0.463 e. The van der Waals surface area contributed by atoms with Crippen molar-refractivity contribution in [1.29, 1.82) is 0 Å². The fourth-order valence-electron chi connectivity index (χ4n) is 0.646. The lowest BCUT2D eigenvalue weighted by atomic mass is 9.63. The second-order valence-electron chi connectivity index (χ2n) is 2.09. The van der Waals surface area contributed by atoms with Crippen molar-refractivity contribution in [1.82, 2.24) is 0 Å². The summed E-state index contributed by atoms with van der Waals surface area (Å²) in [6.07, 6.45) is 3.12. The molecule has 3 nitrogen and oxygen atoms in total. The first kappa shape index (κ1) is 9.33. The van der Waals surface area contributed by atoms with Crippen LogP contribution >= 0.6 is 0 Å². The van der Waals surface area contributed by atoms with E-state index in [1.165, 1.54) is 6.21 Å². The second-order valence-corrected chi connectivity index (χ2v) is 2.09. The van der Waals surface area contributed by atoms with Crippen LogP contribution in [0.3, 0.4) is 0 Å². The SMILES string of the molecule is C/C=[N+](\[O-])OB(CC)CC. The van der Waals surface area contributed by atoms with Gasteiger partial charge in [0, 0.05) is 11.8 Å². The van der Waals surface area contributed by atoms with E-state index in [1.54, 1.807) is 6.92 Å². The van der Waals surface area contributed by atoms with Crippen molar-refractivity contribution in [3.63, 3.8) is 0 Å². The lowest BCUT2D eigenvalue weighted by molar-refractivity contribution is -0.698. The zero-order chi connectivity index (χ0) is 7.98. The Labute approximate surface area is 62.3 Å². The van der Waals surface area contributed by atoms with Crippen LogP contribution in [0.2, 0.25) is 12.6 Å². The molecule has 0 fully saturated rings. The summed E-state index contributed by atoms with van der Waals surface area (Å²) < 4.78 is 4.92. The largest absolute Gasteiger partial charge is 0.463 e. The second kappa shape index (κ2) is 5.15. The monoisotopic (exact) mass is 143 g/mol. The van der Waals surface area contributed by atoms with E-state index >= 15 is 0 Å². The van der Waals surface area contributed by atoms with Crippen molar-refractivity contribution in [2.24, 2.45) is 0 Å². The van der Waals surface area contributed by atoms with E-state index in [1.807, 2.05) is 13.8 Å². The van der Waals surface area contributed by atoms with Crippen molar-refractivity contribution >= 4 is 13.1 Å². The Balaban J connectivity index is 3.63. The molecule has 0 aromatic carbocycles. The van der Waals surface area contributed by atoms with Crippen LogP contribution < -0.4 is 0 Å². The van der Waals surface area contributed by atoms with Gasteiger partial charge in [0.1, 0.15) is 0 Å². The van der Waals surface area contributed by atoms with E-state index in [2.05, 4.69) is 0 Å². The zero-order valence-electron chi connectivity index (χ0n) is 6.83. The molecule has 0 aromatic rings. The summed E-state index contributed by atoms with van der Waals surface area (Å²) in [6.45, 7) is 5.71. The van der Waals surface area contributed by atoms with Crippen LogP contribution in [-0.4, -0.2) is 18.0 Å². The Bertz CT molecular complexity index is 112. The fraction of sp³-hybridized carbons (Fsp3) is 0.833. The van der Waals surface area contributed by atoms with Gasteiger partial charge in [0.25, 0.3) is 6.92 Å². The molecule has 0 heterocycles. The van der Waals surface area contributed by atoms with E-state index in [0.717, 1.165) is 12.6 Å². The maximum absolute atomic E-state index is 10.6. The van der Waals surface area contributed by atoms with E-state index in [4.69, 9.17) is 4.76 Å². The quantitative estimate of drug-likeness (QED) is 0.259. The van der Waals surface area contributed by atoms with Gasteiger partial charge in [0.2, 0.25) is 6.21 Å². The van der Waals surface area contributed by atoms with Crippen molar-refractivity contribution in [3.8, 4) is 0 Å². The third-order valence-electron chi connectivity index (χ3n) is 1.37. The van der Waals surface area contributed by atoms with Gasteiger partial charge in [-0.1, -0.05) is 26.5 Å². The van der Waals surface area contributed by atoms with E-state index < -0.39 is 0 Å².